The van der Waals surface area contributed by atoms with Gasteiger partial charge in [0.1, 0.15) is 5.56 Å². The lowest BCUT2D eigenvalue weighted by atomic mass is 10.2. The molecule has 0 unspecified atom stereocenters. The SMILES string of the molecule is Cc1cc(=O)c(C(=O)NCCCCn2ccnc2)cn1C1CC1. The first-order valence-corrected chi connectivity index (χ1v) is 8.12. The van der Waals surface area contributed by atoms with Gasteiger partial charge in [-0.15, -0.1) is 0 Å². The Morgan fingerprint density at radius 3 is 2.91 bits per heavy atom. The molecule has 1 aliphatic carbocycles. The van der Waals surface area contributed by atoms with E-state index in [1.54, 1.807) is 24.8 Å². The van der Waals surface area contributed by atoms with Crippen LogP contribution in [0.5, 0.6) is 0 Å². The van der Waals surface area contributed by atoms with Gasteiger partial charge in [0.25, 0.3) is 5.91 Å². The molecule has 122 valence electrons. The minimum absolute atomic E-state index is 0.199. The summed E-state index contributed by atoms with van der Waals surface area (Å²) >= 11 is 0. The number of aryl methyl sites for hydroxylation is 2. The van der Waals surface area contributed by atoms with Crippen molar-refractivity contribution in [3.8, 4) is 0 Å². The Kier molecular flexibility index (Phi) is 4.60. The Morgan fingerprint density at radius 1 is 1.39 bits per heavy atom. The summed E-state index contributed by atoms with van der Waals surface area (Å²) in [6, 6.07) is 2.02. The van der Waals surface area contributed by atoms with Gasteiger partial charge in [0.15, 0.2) is 5.43 Å². The average Bonchev–Trinajstić information content (AvgIpc) is 3.22. The number of amides is 1. The summed E-state index contributed by atoms with van der Waals surface area (Å²) in [4.78, 5) is 28.3. The molecule has 0 aromatic carbocycles. The summed E-state index contributed by atoms with van der Waals surface area (Å²) in [5.74, 6) is -0.271. The number of nitrogens with one attached hydrogen (secondary N) is 1. The highest BCUT2D eigenvalue weighted by molar-refractivity contribution is 5.93. The van der Waals surface area contributed by atoms with E-state index in [-0.39, 0.29) is 16.9 Å². The van der Waals surface area contributed by atoms with E-state index in [1.165, 1.54) is 0 Å². The van der Waals surface area contributed by atoms with E-state index in [4.69, 9.17) is 0 Å². The Balaban J connectivity index is 1.51. The van der Waals surface area contributed by atoms with Crippen molar-refractivity contribution in [1.29, 1.82) is 0 Å². The lowest BCUT2D eigenvalue weighted by Gasteiger charge is -2.11. The summed E-state index contributed by atoms with van der Waals surface area (Å²) in [5, 5.41) is 2.85. The number of pyridine rings is 1. The van der Waals surface area contributed by atoms with Crippen molar-refractivity contribution >= 4 is 5.91 Å². The maximum absolute atomic E-state index is 12.2. The lowest BCUT2D eigenvalue weighted by molar-refractivity contribution is 0.0951. The number of carbonyl (C=O) groups excluding carboxylic acids is 1. The van der Waals surface area contributed by atoms with Crippen LogP contribution in [-0.4, -0.2) is 26.6 Å². The molecule has 6 nitrogen and oxygen atoms in total. The van der Waals surface area contributed by atoms with Gasteiger partial charge < -0.3 is 14.5 Å². The predicted molar refractivity (Wildman–Crippen MR) is 87.5 cm³/mol. The highest BCUT2D eigenvalue weighted by Gasteiger charge is 2.25. The van der Waals surface area contributed by atoms with Crippen LogP contribution in [0.3, 0.4) is 0 Å². The van der Waals surface area contributed by atoms with Crippen LogP contribution in [0.2, 0.25) is 0 Å². The molecule has 1 fully saturated rings. The zero-order valence-corrected chi connectivity index (χ0v) is 13.4. The molecule has 1 N–H and O–H groups in total. The zero-order chi connectivity index (χ0) is 16.2. The number of hydrogen-bond donors (Lipinski definition) is 1. The second kappa shape index (κ2) is 6.81. The average molecular weight is 314 g/mol. The van der Waals surface area contributed by atoms with E-state index in [0.717, 1.165) is 37.9 Å². The number of unbranched alkanes of at least 4 members (excludes halogenated alkanes) is 1. The van der Waals surface area contributed by atoms with Gasteiger partial charge >= 0.3 is 0 Å². The van der Waals surface area contributed by atoms with Crippen LogP contribution in [0.1, 0.15) is 47.8 Å². The summed E-state index contributed by atoms with van der Waals surface area (Å²) in [6.07, 6.45) is 11.2. The predicted octanol–water partition coefficient (Wildman–Crippen LogP) is 1.90. The first-order chi connectivity index (χ1) is 11.1. The molecular formula is C17H22N4O2. The molecule has 0 aliphatic heterocycles. The fourth-order valence-corrected chi connectivity index (χ4v) is 2.70. The molecule has 2 heterocycles. The second-order valence-corrected chi connectivity index (χ2v) is 6.09. The highest BCUT2D eigenvalue weighted by atomic mass is 16.2. The van der Waals surface area contributed by atoms with Crippen LogP contribution in [0, 0.1) is 6.92 Å². The van der Waals surface area contributed by atoms with Gasteiger partial charge in [0.05, 0.1) is 6.33 Å². The highest BCUT2D eigenvalue weighted by Crippen LogP contribution is 2.35. The number of carbonyl (C=O) groups is 1. The van der Waals surface area contributed by atoms with Crippen molar-refractivity contribution in [3.05, 3.63) is 52.5 Å². The molecule has 3 rings (SSSR count). The maximum atomic E-state index is 12.2. The fraction of sp³-hybridized carbons (Fsp3) is 0.471. The molecule has 1 amide bonds. The molecule has 23 heavy (non-hydrogen) atoms. The third kappa shape index (κ3) is 3.88. The first kappa shape index (κ1) is 15.5. The molecule has 1 saturated carbocycles. The molecule has 0 radical (unpaired) electrons. The Morgan fingerprint density at radius 2 is 2.22 bits per heavy atom. The molecule has 6 heteroatoms. The van der Waals surface area contributed by atoms with E-state index in [9.17, 15) is 9.59 Å². The van der Waals surface area contributed by atoms with Gasteiger partial charge in [-0.05, 0) is 32.6 Å². The van der Waals surface area contributed by atoms with Crippen LogP contribution < -0.4 is 10.7 Å². The quantitative estimate of drug-likeness (QED) is 0.794. The summed E-state index contributed by atoms with van der Waals surface area (Å²) in [6.45, 7) is 3.37. The summed E-state index contributed by atoms with van der Waals surface area (Å²) in [7, 11) is 0. The van der Waals surface area contributed by atoms with E-state index in [1.807, 2.05) is 17.7 Å². The molecule has 0 spiro atoms. The van der Waals surface area contributed by atoms with Crippen LogP contribution in [0.15, 0.2) is 35.8 Å². The molecule has 2 aromatic rings. The third-order valence-corrected chi connectivity index (χ3v) is 4.15. The van der Waals surface area contributed by atoms with Crippen molar-refractivity contribution in [2.75, 3.05) is 6.54 Å². The molecule has 0 saturated heterocycles. The van der Waals surface area contributed by atoms with Crippen molar-refractivity contribution in [2.45, 2.75) is 45.2 Å². The van der Waals surface area contributed by atoms with E-state index in [0.29, 0.717) is 12.6 Å². The third-order valence-electron chi connectivity index (χ3n) is 4.15. The van der Waals surface area contributed by atoms with Crippen molar-refractivity contribution in [3.63, 3.8) is 0 Å². The number of imidazole rings is 1. The Bertz CT molecular complexity index is 730. The van der Waals surface area contributed by atoms with Gasteiger partial charge in [0.2, 0.25) is 0 Å². The largest absolute Gasteiger partial charge is 0.352 e. The number of aromatic nitrogens is 3. The van der Waals surface area contributed by atoms with Crippen molar-refractivity contribution in [2.24, 2.45) is 0 Å². The minimum atomic E-state index is -0.271. The maximum Gasteiger partial charge on any atom is 0.256 e. The number of nitrogens with zero attached hydrogens (tertiary/aromatic N) is 3. The Labute approximate surface area is 135 Å². The van der Waals surface area contributed by atoms with Crippen molar-refractivity contribution < 1.29 is 4.79 Å². The first-order valence-electron chi connectivity index (χ1n) is 8.12. The topological polar surface area (TPSA) is 68.9 Å². The van der Waals surface area contributed by atoms with Crippen LogP contribution in [0.25, 0.3) is 0 Å². The molecule has 1 aliphatic rings. The number of hydrogen-bond acceptors (Lipinski definition) is 3. The van der Waals surface area contributed by atoms with Gasteiger partial charge in [-0.25, -0.2) is 4.98 Å². The van der Waals surface area contributed by atoms with Gasteiger partial charge in [0, 0.05) is 49.5 Å². The molecular weight excluding hydrogens is 292 g/mol. The van der Waals surface area contributed by atoms with Gasteiger partial charge in [-0.1, -0.05) is 0 Å². The lowest BCUT2D eigenvalue weighted by Crippen LogP contribution is -2.30. The number of rotatable bonds is 7. The monoisotopic (exact) mass is 314 g/mol. The fourth-order valence-electron chi connectivity index (χ4n) is 2.70. The molecule has 0 bridgehead atoms. The minimum Gasteiger partial charge on any atom is -0.352 e. The standard InChI is InChI=1S/C17H22N4O2/c1-13-10-16(22)15(11-21(13)14-4-5-14)17(23)19-6-2-3-8-20-9-7-18-12-20/h7,9-12,14H,2-6,8H2,1H3,(H,19,23). The second-order valence-electron chi connectivity index (χ2n) is 6.09. The van der Waals surface area contributed by atoms with E-state index in [2.05, 4.69) is 14.9 Å². The van der Waals surface area contributed by atoms with Gasteiger partial charge in [-0.3, -0.25) is 9.59 Å². The smallest absolute Gasteiger partial charge is 0.256 e. The molecule has 0 atom stereocenters. The van der Waals surface area contributed by atoms with Gasteiger partial charge in [-0.2, -0.15) is 0 Å². The molecule has 2 aromatic heterocycles. The van der Waals surface area contributed by atoms with Crippen molar-refractivity contribution in [1.82, 2.24) is 19.4 Å². The van der Waals surface area contributed by atoms with Crippen LogP contribution in [-0.2, 0) is 6.54 Å². The zero-order valence-electron chi connectivity index (χ0n) is 13.4. The van der Waals surface area contributed by atoms with Crippen LogP contribution >= 0.6 is 0 Å². The Hall–Kier alpha value is -2.37. The summed E-state index contributed by atoms with van der Waals surface area (Å²) < 4.78 is 4.06. The van der Waals surface area contributed by atoms with E-state index < -0.39 is 0 Å². The summed E-state index contributed by atoms with van der Waals surface area (Å²) in [5.41, 5.74) is 0.974. The van der Waals surface area contributed by atoms with E-state index >= 15 is 0 Å². The normalized spacial score (nSPS) is 14.0. The van der Waals surface area contributed by atoms with Crippen LogP contribution in [0.4, 0.5) is 0 Å².